The SMILES string of the molecule is CC.Cc1ccc(C(C)C)c(C)c1C. The first-order valence-corrected chi connectivity index (χ1v) is 5.60. The predicted octanol–water partition coefficient (Wildman–Crippen LogP) is 4.76. The van der Waals surface area contributed by atoms with Gasteiger partial charge in [-0.05, 0) is 48.9 Å². The van der Waals surface area contributed by atoms with Gasteiger partial charge in [-0.3, -0.25) is 0 Å². The van der Waals surface area contributed by atoms with E-state index in [1.165, 1.54) is 22.3 Å². The van der Waals surface area contributed by atoms with Gasteiger partial charge in [0.15, 0.2) is 0 Å². The molecule has 0 nitrogen and oxygen atoms in total. The van der Waals surface area contributed by atoms with Crippen LogP contribution in [0.2, 0.25) is 0 Å². The molecule has 0 heteroatoms. The molecule has 0 aliphatic rings. The number of aryl methyl sites for hydroxylation is 1. The Kier molecular flexibility index (Phi) is 5.52. The third-order valence-corrected chi connectivity index (χ3v) is 2.72. The molecule has 1 rings (SSSR count). The van der Waals surface area contributed by atoms with Gasteiger partial charge in [0.25, 0.3) is 0 Å². The zero-order valence-corrected chi connectivity index (χ0v) is 10.7. The molecular weight excluding hydrogens is 168 g/mol. The molecular formula is C14H24. The molecule has 0 heterocycles. The van der Waals surface area contributed by atoms with Gasteiger partial charge in [0.1, 0.15) is 0 Å². The molecule has 0 aromatic heterocycles. The Morgan fingerprint density at radius 3 is 1.79 bits per heavy atom. The van der Waals surface area contributed by atoms with Crippen LogP contribution < -0.4 is 0 Å². The Morgan fingerprint density at radius 1 is 0.857 bits per heavy atom. The third-order valence-electron chi connectivity index (χ3n) is 2.72. The van der Waals surface area contributed by atoms with Gasteiger partial charge in [-0.25, -0.2) is 0 Å². The second kappa shape index (κ2) is 5.85. The summed E-state index contributed by atoms with van der Waals surface area (Å²) < 4.78 is 0. The summed E-state index contributed by atoms with van der Waals surface area (Å²) in [7, 11) is 0. The summed E-state index contributed by atoms with van der Waals surface area (Å²) in [6.07, 6.45) is 0. The summed E-state index contributed by atoms with van der Waals surface area (Å²) in [4.78, 5) is 0. The molecule has 0 aliphatic carbocycles. The summed E-state index contributed by atoms with van der Waals surface area (Å²) >= 11 is 0. The Balaban J connectivity index is 0.000000791. The lowest BCUT2D eigenvalue weighted by Gasteiger charge is -2.13. The van der Waals surface area contributed by atoms with E-state index in [4.69, 9.17) is 0 Å². The Bertz CT molecular complexity index is 282. The van der Waals surface area contributed by atoms with Crippen molar-refractivity contribution in [3.05, 3.63) is 34.4 Å². The smallest absolute Gasteiger partial charge is 0.0216 e. The summed E-state index contributed by atoms with van der Waals surface area (Å²) in [5.41, 5.74) is 5.79. The number of hydrogen-bond donors (Lipinski definition) is 0. The van der Waals surface area contributed by atoms with E-state index >= 15 is 0 Å². The van der Waals surface area contributed by atoms with E-state index in [0.29, 0.717) is 5.92 Å². The lowest BCUT2D eigenvalue weighted by Crippen LogP contribution is -1.96. The Morgan fingerprint density at radius 2 is 1.36 bits per heavy atom. The lowest BCUT2D eigenvalue weighted by atomic mass is 9.92. The predicted molar refractivity (Wildman–Crippen MR) is 66.1 cm³/mol. The van der Waals surface area contributed by atoms with Crippen LogP contribution in [-0.2, 0) is 0 Å². The van der Waals surface area contributed by atoms with E-state index in [0.717, 1.165) is 0 Å². The fourth-order valence-corrected chi connectivity index (χ4v) is 1.60. The fourth-order valence-electron chi connectivity index (χ4n) is 1.60. The molecule has 0 N–H and O–H groups in total. The molecule has 0 spiro atoms. The normalized spacial score (nSPS) is 9.71. The molecule has 0 fully saturated rings. The highest BCUT2D eigenvalue weighted by atomic mass is 14.1. The van der Waals surface area contributed by atoms with Gasteiger partial charge in [-0.1, -0.05) is 39.8 Å². The van der Waals surface area contributed by atoms with E-state index in [1.807, 2.05) is 13.8 Å². The van der Waals surface area contributed by atoms with E-state index in [-0.39, 0.29) is 0 Å². The second-order valence-corrected chi connectivity index (χ2v) is 3.88. The average molecular weight is 192 g/mol. The molecule has 0 bridgehead atoms. The van der Waals surface area contributed by atoms with E-state index in [2.05, 4.69) is 46.8 Å². The largest absolute Gasteiger partial charge is 0.0683 e. The first kappa shape index (κ1) is 13.2. The number of hydrogen-bond acceptors (Lipinski definition) is 0. The van der Waals surface area contributed by atoms with Crippen LogP contribution in [0.4, 0.5) is 0 Å². The molecule has 0 amide bonds. The van der Waals surface area contributed by atoms with Gasteiger partial charge in [-0.2, -0.15) is 0 Å². The van der Waals surface area contributed by atoms with E-state index < -0.39 is 0 Å². The third kappa shape index (κ3) is 2.87. The Hall–Kier alpha value is -0.780. The maximum atomic E-state index is 2.25. The minimum atomic E-state index is 0.643. The average Bonchev–Trinajstić information content (AvgIpc) is 2.17. The van der Waals surface area contributed by atoms with E-state index in [9.17, 15) is 0 Å². The summed E-state index contributed by atoms with van der Waals surface area (Å²) in [6.45, 7) is 15.1. The standard InChI is InChI=1S/C12H18.C2H6/c1-8(2)12-7-6-9(3)10(4)11(12)5;1-2/h6-8H,1-5H3;1-2H3. The molecule has 80 valence electrons. The van der Waals surface area contributed by atoms with Crippen LogP contribution in [-0.4, -0.2) is 0 Å². The highest BCUT2D eigenvalue weighted by Crippen LogP contribution is 2.23. The fraction of sp³-hybridized carbons (Fsp3) is 0.571. The maximum Gasteiger partial charge on any atom is -0.0216 e. The summed E-state index contributed by atoms with van der Waals surface area (Å²) in [5.74, 6) is 0.643. The van der Waals surface area contributed by atoms with Gasteiger partial charge in [0.05, 0.1) is 0 Å². The van der Waals surface area contributed by atoms with Gasteiger partial charge in [0, 0.05) is 0 Å². The van der Waals surface area contributed by atoms with Gasteiger partial charge in [0.2, 0.25) is 0 Å². The van der Waals surface area contributed by atoms with Crippen LogP contribution in [0.1, 0.15) is 55.9 Å². The number of benzene rings is 1. The van der Waals surface area contributed by atoms with Crippen LogP contribution in [0.15, 0.2) is 12.1 Å². The molecule has 0 radical (unpaired) electrons. The van der Waals surface area contributed by atoms with Crippen molar-refractivity contribution in [3.63, 3.8) is 0 Å². The lowest BCUT2D eigenvalue weighted by molar-refractivity contribution is 0.852. The van der Waals surface area contributed by atoms with Gasteiger partial charge < -0.3 is 0 Å². The zero-order chi connectivity index (χ0) is 11.3. The van der Waals surface area contributed by atoms with Crippen molar-refractivity contribution in [1.82, 2.24) is 0 Å². The van der Waals surface area contributed by atoms with Crippen molar-refractivity contribution < 1.29 is 0 Å². The van der Waals surface area contributed by atoms with Crippen LogP contribution in [0.5, 0.6) is 0 Å². The van der Waals surface area contributed by atoms with Crippen molar-refractivity contribution in [2.75, 3.05) is 0 Å². The first-order valence-electron chi connectivity index (χ1n) is 5.60. The molecule has 0 unspecified atom stereocenters. The molecule has 0 saturated carbocycles. The van der Waals surface area contributed by atoms with Crippen LogP contribution >= 0.6 is 0 Å². The van der Waals surface area contributed by atoms with Crippen LogP contribution in [0, 0.1) is 20.8 Å². The van der Waals surface area contributed by atoms with Crippen molar-refractivity contribution in [2.24, 2.45) is 0 Å². The topological polar surface area (TPSA) is 0 Å². The molecule has 0 atom stereocenters. The molecule has 1 aromatic carbocycles. The highest BCUT2D eigenvalue weighted by Gasteiger charge is 2.05. The van der Waals surface area contributed by atoms with Crippen molar-refractivity contribution in [1.29, 1.82) is 0 Å². The minimum Gasteiger partial charge on any atom is -0.0683 e. The second-order valence-electron chi connectivity index (χ2n) is 3.88. The van der Waals surface area contributed by atoms with Crippen molar-refractivity contribution in [2.45, 2.75) is 54.4 Å². The van der Waals surface area contributed by atoms with Crippen molar-refractivity contribution in [3.8, 4) is 0 Å². The molecule has 1 aromatic rings. The first-order chi connectivity index (χ1) is 6.54. The van der Waals surface area contributed by atoms with E-state index in [1.54, 1.807) is 0 Å². The maximum absolute atomic E-state index is 2.25. The monoisotopic (exact) mass is 192 g/mol. The minimum absolute atomic E-state index is 0.643. The quantitative estimate of drug-likeness (QED) is 0.601. The van der Waals surface area contributed by atoms with Gasteiger partial charge in [-0.15, -0.1) is 0 Å². The van der Waals surface area contributed by atoms with Crippen LogP contribution in [0.25, 0.3) is 0 Å². The zero-order valence-electron chi connectivity index (χ0n) is 10.7. The van der Waals surface area contributed by atoms with Crippen molar-refractivity contribution >= 4 is 0 Å². The summed E-state index contributed by atoms with van der Waals surface area (Å²) in [5, 5.41) is 0. The van der Waals surface area contributed by atoms with Crippen LogP contribution in [0.3, 0.4) is 0 Å². The molecule has 0 saturated heterocycles. The molecule has 0 aliphatic heterocycles. The number of rotatable bonds is 1. The Labute approximate surface area is 89.4 Å². The molecule has 14 heavy (non-hydrogen) atoms. The highest BCUT2D eigenvalue weighted by molar-refractivity contribution is 5.40. The summed E-state index contributed by atoms with van der Waals surface area (Å²) in [6, 6.07) is 4.47. The van der Waals surface area contributed by atoms with Gasteiger partial charge >= 0.3 is 0 Å².